The molecule has 0 radical (unpaired) electrons. The van der Waals surface area contributed by atoms with E-state index >= 15 is 0 Å². The van der Waals surface area contributed by atoms with E-state index in [1.165, 1.54) is 12.1 Å². The summed E-state index contributed by atoms with van der Waals surface area (Å²) in [4.78, 5) is 11.1. The van der Waals surface area contributed by atoms with Crippen LogP contribution in [-0.2, 0) is 6.61 Å². The quantitative estimate of drug-likeness (QED) is 0.938. The average Bonchev–Trinajstić information content (AvgIpc) is 2.40. The Kier molecular flexibility index (Phi) is 4.16. The Morgan fingerprint density at radius 2 is 2.05 bits per heavy atom. The molecule has 19 heavy (non-hydrogen) atoms. The smallest absolute Gasteiger partial charge is 0.248 e. The molecule has 0 aliphatic rings. The highest BCUT2D eigenvalue weighted by atomic mass is 79.9. The maximum Gasteiger partial charge on any atom is 0.248 e. The molecule has 98 valence electrons. The molecule has 0 atom stereocenters. The van der Waals surface area contributed by atoms with Gasteiger partial charge in [0.2, 0.25) is 5.91 Å². The summed E-state index contributed by atoms with van der Waals surface area (Å²) in [6.45, 7) is 0.225. The molecule has 0 heterocycles. The normalized spacial score (nSPS) is 10.2. The van der Waals surface area contributed by atoms with Gasteiger partial charge in [0.25, 0.3) is 0 Å². The van der Waals surface area contributed by atoms with Gasteiger partial charge in [0.1, 0.15) is 18.2 Å². The van der Waals surface area contributed by atoms with Crippen molar-refractivity contribution in [3.8, 4) is 5.75 Å². The molecule has 5 heteroatoms. The Labute approximate surface area is 118 Å². The lowest BCUT2D eigenvalue weighted by Crippen LogP contribution is -2.11. The van der Waals surface area contributed by atoms with E-state index < -0.39 is 5.91 Å². The lowest BCUT2D eigenvalue weighted by molar-refractivity contribution is 0.1000. The predicted molar refractivity (Wildman–Crippen MR) is 73.4 cm³/mol. The molecule has 0 unspecified atom stereocenters. The van der Waals surface area contributed by atoms with Gasteiger partial charge in [-0.1, -0.05) is 12.1 Å². The lowest BCUT2D eigenvalue weighted by atomic mass is 10.1. The van der Waals surface area contributed by atoms with E-state index in [-0.39, 0.29) is 12.4 Å². The van der Waals surface area contributed by atoms with Gasteiger partial charge in [0.15, 0.2) is 0 Å². The maximum absolute atomic E-state index is 13.1. The van der Waals surface area contributed by atoms with E-state index in [0.29, 0.717) is 15.8 Å². The molecular formula is C14H11BrFNO2. The number of amides is 1. The summed E-state index contributed by atoms with van der Waals surface area (Å²) in [5.74, 6) is -0.456. The van der Waals surface area contributed by atoms with Crippen molar-refractivity contribution in [2.24, 2.45) is 5.73 Å². The van der Waals surface area contributed by atoms with Gasteiger partial charge in [-0.25, -0.2) is 4.39 Å². The summed E-state index contributed by atoms with van der Waals surface area (Å²) in [7, 11) is 0. The molecule has 0 spiro atoms. The zero-order valence-corrected chi connectivity index (χ0v) is 11.5. The SMILES string of the molecule is NC(=O)c1cccc(COc2cc(F)ccc2Br)c1. The van der Waals surface area contributed by atoms with Gasteiger partial charge in [-0.2, -0.15) is 0 Å². The van der Waals surface area contributed by atoms with Crippen LogP contribution in [0.2, 0.25) is 0 Å². The second-order valence-corrected chi connectivity index (χ2v) is 4.78. The van der Waals surface area contributed by atoms with Gasteiger partial charge in [0.05, 0.1) is 4.47 Å². The second kappa shape index (κ2) is 5.84. The summed E-state index contributed by atoms with van der Waals surface area (Å²) in [5, 5.41) is 0. The fourth-order valence-corrected chi connectivity index (χ4v) is 1.92. The number of carbonyl (C=O) groups is 1. The lowest BCUT2D eigenvalue weighted by Gasteiger charge is -2.09. The van der Waals surface area contributed by atoms with Crippen LogP contribution in [-0.4, -0.2) is 5.91 Å². The van der Waals surface area contributed by atoms with Crippen molar-refractivity contribution >= 4 is 21.8 Å². The molecule has 1 amide bonds. The number of hydrogen-bond acceptors (Lipinski definition) is 2. The number of primary amides is 1. The molecule has 2 aromatic rings. The van der Waals surface area contributed by atoms with Crippen LogP contribution in [0.1, 0.15) is 15.9 Å². The first-order valence-corrected chi connectivity index (χ1v) is 6.32. The summed E-state index contributed by atoms with van der Waals surface area (Å²) in [6.07, 6.45) is 0. The Bertz CT molecular complexity index is 616. The first kappa shape index (κ1) is 13.5. The third kappa shape index (κ3) is 3.54. The van der Waals surface area contributed by atoms with Crippen molar-refractivity contribution < 1.29 is 13.9 Å². The summed E-state index contributed by atoms with van der Waals surface area (Å²) in [5.41, 5.74) is 6.40. The molecule has 0 fully saturated rings. The third-order valence-corrected chi connectivity index (χ3v) is 3.15. The van der Waals surface area contributed by atoms with Gasteiger partial charge in [-0.15, -0.1) is 0 Å². The van der Waals surface area contributed by atoms with Gasteiger partial charge in [0, 0.05) is 11.6 Å². The molecule has 0 saturated carbocycles. The van der Waals surface area contributed by atoms with Crippen molar-refractivity contribution in [3.05, 3.63) is 63.9 Å². The Morgan fingerprint density at radius 3 is 2.79 bits per heavy atom. The second-order valence-electron chi connectivity index (χ2n) is 3.93. The highest BCUT2D eigenvalue weighted by Gasteiger charge is 2.05. The molecular weight excluding hydrogens is 313 g/mol. The minimum atomic E-state index is -0.492. The largest absolute Gasteiger partial charge is 0.488 e. The molecule has 2 aromatic carbocycles. The van der Waals surface area contributed by atoms with Crippen LogP contribution in [0.5, 0.6) is 5.75 Å². The van der Waals surface area contributed by atoms with Gasteiger partial charge >= 0.3 is 0 Å². The number of rotatable bonds is 4. The highest BCUT2D eigenvalue weighted by molar-refractivity contribution is 9.10. The first-order chi connectivity index (χ1) is 9.06. The molecule has 3 nitrogen and oxygen atoms in total. The predicted octanol–water partition coefficient (Wildman–Crippen LogP) is 3.27. The number of ether oxygens (including phenoxy) is 1. The third-order valence-electron chi connectivity index (χ3n) is 2.50. The van der Waals surface area contributed by atoms with Crippen LogP contribution in [0.15, 0.2) is 46.9 Å². The summed E-state index contributed by atoms with van der Waals surface area (Å²) < 4.78 is 19.2. The first-order valence-electron chi connectivity index (χ1n) is 5.53. The van der Waals surface area contributed by atoms with E-state index in [1.54, 1.807) is 30.3 Å². The Morgan fingerprint density at radius 1 is 1.26 bits per heavy atom. The molecule has 0 aliphatic carbocycles. The van der Waals surface area contributed by atoms with Crippen molar-refractivity contribution in [2.75, 3.05) is 0 Å². The minimum absolute atomic E-state index is 0.225. The standard InChI is InChI=1S/C14H11BrFNO2/c15-12-5-4-11(16)7-13(12)19-8-9-2-1-3-10(6-9)14(17)18/h1-7H,8H2,(H2,17,18). The average molecular weight is 324 g/mol. The topological polar surface area (TPSA) is 52.3 Å². The highest BCUT2D eigenvalue weighted by Crippen LogP contribution is 2.26. The van der Waals surface area contributed by atoms with E-state index in [9.17, 15) is 9.18 Å². The van der Waals surface area contributed by atoms with E-state index in [0.717, 1.165) is 5.56 Å². The summed E-state index contributed by atoms with van der Waals surface area (Å²) in [6, 6.07) is 11.0. The fraction of sp³-hybridized carbons (Fsp3) is 0.0714. The Balaban J connectivity index is 2.12. The molecule has 2 rings (SSSR count). The van der Waals surface area contributed by atoms with Gasteiger partial charge < -0.3 is 10.5 Å². The van der Waals surface area contributed by atoms with Crippen LogP contribution < -0.4 is 10.5 Å². The zero-order valence-electron chi connectivity index (χ0n) is 9.90. The molecule has 0 aromatic heterocycles. The van der Waals surface area contributed by atoms with E-state index in [2.05, 4.69) is 15.9 Å². The van der Waals surface area contributed by atoms with Crippen LogP contribution in [0.4, 0.5) is 4.39 Å². The molecule has 2 N–H and O–H groups in total. The van der Waals surface area contributed by atoms with Gasteiger partial charge in [-0.3, -0.25) is 4.79 Å². The zero-order chi connectivity index (χ0) is 13.8. The minimum Gasteiger partial charge on any atom is -0.488 e. The van der Waals surface area contributed by atoms with Crippen LogP contribution in [0, 0.1) is 5.82 Å². The van der Waals surface area contributed by atoms with Crippen molar-refractivity contribution in [1.29, 1.82) is 0 Å². The van der Waals surface area contributed by atoms with E-state index in [4.69, 9.17) is 10.5 Å². The van der Waals surface area contributed by atoms with Crippen LogP contribution >= 0.6 is 15.9 Å². The van der Waals surface area contributed by atoms with E-state index in [1.807, 2.05) is 0 Å². The number of hydrogen-bond donors (Lipinski definition) is 1. The monoisotopic (exact) mass is 323 g/mol. The molecule has 0 bridgehead atoms. The van der Waals surface area contributed by atoms with Crippen molar-refractivity contribution in [1.82, 2.24) is 0 Å². The number of halogens is 2. The maximum atomic E-state index is 13.1. The summed E-state index contributed by atoms with van der Waals surface area (Å²) >= 11 is 3.28. The number of benzene rings is 2. The van der Waals surface area contributed by atoms with Gasteiger partial charge in [-0.05, 0) is 45.8 Å². The number of nitrogens with two attached hydrogens (primary N) is 1. The van der Waals surface area contributed by atoms with Crippen LogP contribution in [0.3, 0.4) is 0 Å². The molecule has 0 saturated heterocycles. The van der Waals surface area contributed by atoms with Crippen LogP contribution in [0.25, 0.3) is 0 Å². The van der Waals surface area contributed by atoms with Crippen molar-refractivity contribution in [2.45, 2.75) is 6.61 Å². The molecule has 0 aliphatic heterocycles. The Hall–Kier alpha value is -1.88. The number of carbonyl (C=O) groups excluding carboxylic acids is 1. The fourth-order valence-electron chi connectivity index (χ4n) is 1.56. The van der Waals surface area contributed by atoms with Crippen molar-refractivity contribution in [3.63, 3.8) is 0 Å².